The molecule has 1 heterocycles. The zero-order valence-electron chi connectivity index (χ0n) is 16.2. The van der Waals surface area contributed by atoms with E-state index in [1.165, 1.54) is 12.3 Å². The molecule has 8 nitrogen and oxygen atoms in total. The molecule has 8 heteroatoms. The van der Waals surface area contributed by atoms with Gasteiger partial charge in [0.25, 0.3) is 5.91 Å². The molecule has 0 aliphatic heterocycles. The number of nitrogens with one attached hydrogen (secondary N) is 1. The Labute approximate surface area is 166 Å². The summed E-state index contributed by atoms with van der Waals surface area (Å²) in [5, 5.41) is 4.71. The van der Waals surface area contributed by atoms with E-state index in [1.807, 2.05) is 6.92 Å². The zero-order valence-corrected chi connectivity index (χ0v) is 16.2. The van der Waals surface area contributed by atoms with Gasteiger partial charge in [-0.15, -0.1) is 0 Å². The molecule has 0 fully saturated rings. The van der Waals surface area contributed by atoms with E-state index in [0.29, 0.717) is 28.4 Å². The van der Waals surface area contributed by atoms with Crippen LogP contribution < -0.4 is 25.3 Å². The average Bonchev–Trinajstić information content (AvgIpc) is 2.71. The fraction of sp³-hybridized carbons (Fsp3) is 0.190. The van der Waals surface area contributed by atoms with Crippen LogP contribution in [0.3, 0.4) is 0 Å². The van der Waals surface area contributed by atoms with Gasteiger partial charge >= 0.3 is 5.63 Å². The first-order valence-electron chi connectivity index (χ1n) is 8.71. The monoisotopic (exact) mass is 396 g/mol. The summed E-state index contributed by atoms with van der Waals surface area (Å²) >= 11 is 0. The highest BCUT2D eigenvalue weighted by molar-refractivity contribution is 5.84. The number of fused-ring (bicyclic) bond motifs is 1. The summed E-state index contributed by atoms with van der Waals surface area (Å²) in [5.74, 6) is 1.18. The highest BCUT2D eigenvalue weighted by Crippen LogP contribution is 2.22. The summed E-state index contributed by atoms with van der Waals surface area (Å²) in [5.41, 5.74) is 3.85. The van der Waals surface area contributed by atoms with Gasteiger partial charge < -0.3 is 18.6 Å². The summed E-state index contributed by atoms with van der Waals surface area (Å²) in [6.45, 7) is 1.57. The van der Waals surface area contributed by atoms with Crippen LogP contribution in [0.1, 0.15) is 11.1 Å². The van der Waals surface area contributed by atoms with Gasteiger partial charge in [0, 0.05) is 29.1 Å². The fourth-order valence-electron chi connectivity index (χ4n) is 2.66. The Morgan fingerprint density at radius 3 is 2.48 bits per heavy atom. The molecule has 3 aromatic rings. The van der Waals surface area contributed by atoms with Crippen molar-refractivity contribution >= 4 is 23.1 Å². The van der Waals surface area contributed by atoms with Crippen LogP contribution in [0.4, 0.5) is 0 Å². The summed E-state index contributed by atoms with van der Waals surface area (Å²) in [7, 11) is 3.10. The van der Waals surface area contributed by atoms with E-state index in [1.54, 1.807) is 50.6 Å². The minimum Gasteiger partial charge on any atom is -0.497 e. The molecule has 0 unspecified atom stereocenters. The number of ether oxygens (including phenoxy) is 3. The Morgan fingerprint density at radius 2 is 1.79 bits per heavy atom. The van der Waals surface area contributed by atoms with Crippen LogP contribution in [0.2, 0.25) is 0 Å². The number of amides is 1. The van der Waals surface area contributed by atoms with Crippen molar-refractivity contribution < 1.29 is 23.4 Å². The number of aryl methyl sites for hydroxylation is 1. The second-order valence-corrected chi connectivity index (χ2v) is 6.13. The molecule has 0 spiro atoms. The highest BCUT2D eigenvalue weighted by atomic mass is 16.5. The summed E-state index contributed by atoms with van der Waals surface area (Å²) in [6, 6.07) is 11.7. The lowest BCUT2D eigenvalue weighted by Crippen LogP contribution is -2.24. The minimum atomic E-state index is -0.443. The summed E-state index contributed by atoms with van der Waals surface area (Å²) in [4.78, 5) is 23.4. The number of hydrazone groups is 1. The van der Waals surface area contributed by atoms with Gasteiger partial charge in [-0.3, -0.25) is 4.79 Å². The highest BCUT2D eigenvalue weighted by Gasteiger charge is 2.06. The van der Waals surface area contributed by atoms with Crippen molar-refractivity contribution in [3.63, 3.8) is 0 Å². The molecule has 0 aliphatic rings. The third-order valence-corrected chi connectivity index (χ3v) is 4.07. The maximum Gasteiger partial charge on any atom is 0.336 e. The van der Waals surface area contributed by atoms with Gasteiger partial charge in [0.15, 0.2) is 6.61 Å². The summed E-state index contributed by atoms with van der Waals surface area (Å²) in [6.07, 6.45) is 1.47. The molecule has 0 aliphatic carbocycles. The molecule has 0 bridgehead atoms. The van der Waals surface area contributed by atoms with E-state index in [-0.39, 0.29) is 6.61 Å². The van der Waals surface area contributed by atoms with E-state index in [0.717, 1.165) is 10.9 Å². The quantitative estimate of drug-likeness (QED) is 0.374. The lowest BCUT2D eigenvalue weighted by atomic mass is 10.1. The predicted octanol–water partition coefficient (Wildman–Crippen LogP) is 2.65. The first kappa shape index (κ1) is 19.9. The number of benzene rings is 2. The Kier molecular flexibility index (Phi) is 6.13. The molecule has 3 rings (SSSR count). The third kappa shape index (κ3) is 5.13. The van der Waals surface area contributed by atoms with Crippen LogP contribution in [0.5, 0.6) is 17.2 Å². The van der Waals surface area contributed by atoms with Gasteiger partial charge in [-0.25, -0.2) is 10.2 Å². The van der Waals surface area contributed by atoms with Gasteiger partial charge in [0.1, 0.15) is 22.8 Å². The molecule has 0 radical (unpaired) electrons. The van der Waals surface area contributed by atoms with Crippen LogP contribution >= 0.6 is 0 Å². The predicted molar refractivity (Wildman–Crippen MR) is 108 cm³/mol. The maximum absolute atomic E-state index is 12.0. The molecule has 0 saturated heterocycles. The van der Waals surface area contributed by atoms with Crippen molar-refractivity contribution in [3.05, 3.63) is 64.0 Å². The van der Waals surface area contributed by atoms with Crippen molar-refractivity contribution in [2.45, 2.75) is 6.92 Å². The third-order valence-electron chi connectivity index (χ3n) is 4.07. The molecule has 150 valence electrons. The summed E-state index contributed by atoms with van der Waals surface area (Å²) < 4.78 is 21.0. The number of carbonyl (C=O) groups is 1. The van der Waals surface area contributed by atoms with Crippen LogP contribution in [0.25, 0.3) is 11.0 Å². The first-order valence-corrected chi connectivity index (χ1v) is 8.71. The number of methoxy groups -OCH3 is 2. The van der Waals surface area contributed by atoms with Gasteiger partial charge in [0.05, 0.1) is 20.4 Å². The van der Waals surface area contributed by atoms with Gasteiger partial charge in [-0.05, 0) is 36.8 Å². The topological polar surface area (TPSA) is 99.4 Å². The minimum absolute atomic E-state index is 0.250. The number of hydrogen-bond acceptors (Lipinski definition) is 7. The normalized spacial score (nSPS) is 10.9. The lowest BCUT2D eigenvalue weighted by Gasteiger charge is -2.07. The van der Waals surface area contributed by atoms with E-state index in [4.69, 9.17) is 18.6 Å². The SMILES string of the molecule is COc1cc(/C=N/NC(=O)COc2ccc3c(C)cc(=O)oc3c2)cc(OC)c1. The van der Waals surface area contributed by atoms with E-state index < -0.39 is 11.5 Å². The van der Waals surface area contributed by atoms with Crippen LogP contribution in [0.15, 0.2) is 56.8 Å². The molecule has 2 aromatic carbocycles. The molecular formula is C21H20N2O6. The van der Waals surface area contributed by atoms with Gasteiger partial charge in [-0.2, -0.15) is 5.10 Å². The Hall–Kier alpha value is -3.81. The van der Waals surface area contributed by atoms with Crippen molar-refractivity contribution in [3.8, 4) is 17.2 Å². The van der Waals surface area contributed by atoms with Crippen LogP contribution in [0, 0.1) is 6.92 Å². The Balaban J connectivity index is 1.59. The first-order chi connectivity index (χ1) is 14.0. The fourth-order valence-corrected chi connectivity index (χ4v) is 2.66. The maximum atomic E-state index is 12.0. The molecule has 1 aromatic heterocycles. The van der Waals surface area contributed by atoms with Gasteiger partial charge in [0.2, 0.25) is 0 Å². The number of carbonyl (C=O) groups excluding carboxylic acids is 1. The standard InChI is InChI=1S/C21H20N2O6/c1-13-6-21(25)29-19-10-15(4-5-18(13)19)28-12-20(24)23-22-11-14-7-16(26-2)9-17(8-14)27-3/h4-11H,12H2,1-3H3,(H,23,24)/b22-11+. The second-order valence-electron chi connectivity index (χ2n) is 6.13. The van der Waals surface area contributed by atoms with Crippen LogP contribution in [-0.4, -0.2) is 32.9 Å². The Morgan fingerprint density at radius 1 is 1.07 bits per heavy atom. The Bertz CT molecular complexity index is 1100. The molecule has 1 N–H and O–H groups in total. The number of hydrogen-bond donors (Lipinski definition) is 1. The van der Waals surface area contributed by atoms with Crippen LogP contribution in [-0.2, 0) is 4.79 Å². The lowest BCUT2D eigenvalue weighted by molar-refractivity contribution is -0.123. The van der Waals surface area contributed by atoms with Crippen molar-refractivity contribution in [1.29, 1.82) is 0 Å². The molecule has 1 amide bonds. The second kappa shape index (κ2) is 8.92. The zero-order chi connectivity index (χ0) is 20.8. The molecular weight excluding hydrogens is 376 g/mol. The van der Waals surface area contributed by atoms with E-state index >= 15 is 0 Å². The smallest absolute Gasteiger partial charge is 0.336 e. The van der Waals surface area contributed by atoms with E-state index in [9.17, 15) is 9.59 Å². The largest absolute Gasteiger partial charge is 0.497 e. The molecule has 0 atom stereocenters. The van der Waals surface area contributed by atoms with E-state index in [2.05, 4.69) is 10.5 Å². The number of rotatable bonds is 7. The average molecular weight is 396 g/mol. The van der Waals surface area contributed by atoms with Gasteiger partial charge in [-0.1, -0.05) is 0 Å². The van der Waals surface area contributed by atoms with Crippen molar-refractivity contribution in [2.24, 2.45) is 5.10 Å². The number of nitrogens with zero attached hydrogens (tertiary/aromatic N) is 1. The van der Waals surface area contributed by atoms with Crippen molar-refractivity contribution in [2.75, 3.05) is 20.8 Å². The molecule has 29 heavy (non-hydrogen) atoms. The van der Waals surface area contributed by atoms with Crippen molar-refractivity contribution in [1.82, 2.24) is 5.43 Å². The molecule has 0 saturated carbocycles.